The van der Waals surface area contributed by atoms with Crippen LogP contribution in [0.5, 0.6) is 17.4 Å². The summed E-state index contributed by atoms with van der Waals surface area (Å²) in [4.78, 5) is 21.8. The molecule has 5 aromatic rings. The molecule has 14 heteroatoms. The number of nitrogens with one attached hydrogen (secondary N) is 1. The summed E-state index contributed by atoms with van der Waals surface area (Å²) in [6.07, 6.45) is -2.99. The van der Waals surface area contributed by atoms with E-state index in [1.807, 2.05) is 40.8 Å². The number of benzene rings is 3. The highest BCUT2D eigenvalue weighted by Gasteiger charge is 2.28. The zero-order valence-electron chi connectivity index (χ0n) is 26.6. The summed E-state index contributed by atoms with van der Waals surface area (Å²) in [5, 5.41) is 0.871. The second-order valence-corrected chi connectivity index (χ2v) is 13.5. The molecule has 0 radical (unpaired) electrons. The van der Waals surface area contributed by atoms with Gasteiger partial charge in [0.15, 0.2) is 6.61 Å². The van der Waals surface area contributed by atoms with Crippen molar-refractivity contribution in [3.05, 3.63) is 114 Å². The number of halogens is 3. The molecular formula is C35H34F3N5O5S. The van der Waals surface area contributed by atoms with E-state index in [-0.39, 0.29) is 23.3 Å². The first-order chi connectivity index (χ1) is 23.4. The van der Waals surface area contributed by atoms with Crippen molar-refractivity contribution in [1.82, 2.24) is 19.4 Å². The van der Waals surface area contributed by atoms with Crippen molar-refractivity contribution < 1.29 is 35.9 Å². The van der Waals surface area contributed by atoms with Crippen LogP contribution in [0.1, 0.15) is 21.6 Å². The number of alkyl halides is 3. The standard InChI is InChI=1S/C35H34F3N5O5S/c1-41-31-20-30(48-33-14-10-28(21-39-33)40-49(45,46)23-26-5-3-2-4-6-26)13-9-27(31)19-32(41)34(44)43-17-15-42(16-18-43)22-25-7-11-29(12-8-25)47-24-35(36,37)38/h2-14,19-21,40H,15-18,22-24H2,1H3. The zero-order valence-corrected chi connectivity index (χ0v) is 27.4. The first-order valence-electron chi connectivity index (χ1n) is 15.5. The lowest BCUT2D eigenvalue weighted by Gasteiger charge is -2.34. The number of sulfonamides is 1. The third-order valence-corrected chi connectivity index (χ3v) is 9.32. The van der Waals surface area contributed by atoms with Gasteiger partial charge in [0, 0.05) is 57.3 Å². The van der Waals surface area contributed by atoms with Gasteiger partial charge in [-0.05, 0) is 47.5 Å². The number of rotatable bonds is 11. The van der Waals surface area contributed by atoms with Gasteiger partial charge < -0.3 is 18.9 Å². The molecule has 0 spiro atoms. The zero-order chi connectivity index (χ0) is 34.6. The number of nitrogens with zero attached hydrogens (tertiary/aromatic N) is 4. The Labute approximate surface area is 281 Å². The van der Waals surface area contributed by atoms with E-state index in [0.717, 1.165) is 16.5 Å². The van der Waals surface area contributed by atoms with Gasteiger partial charge in [-0.1, -0.05) is 42.5 Å². The summed E-state index contributed by atoms with van der Waals surface area (Å²) < 4.78 is 77.4. The average Bonchev–Trinajstić information content (AvgIpc) is 3.40. The van der Waals surface area contributed by atoms with Crippen molar-refractivity contribution in [2.75, 3.05) is 37.5 Å². The normalized spacial score (nSPS) is 14.2. The molecule has 1 aliphatic rings. The molecule has 0 aliphatic carbocycles. The van der Waals surface area contributed by atoms with Crippen molar-refractivity contribution in [2.45, 2.75) is 18.5 Å². The van der Waals surface area contributed by atoms with Crippen LogP contribution in [0.3, 0.4) is 0 Å². The number of piperazine rings is 1. The van der Waals surface area contributed by atoms with Crippen molar-refractivity contribution in [2.24, 2.45) is 7.05 Å². The molecule has 10 nitrogen and oxygen atoms in total. The number of hydrogen-bond donors (Lipinski definition) is 1. The summed E-state index contributed by atoms with van der Waals surface area (Å²) >= 11 is 0. The lowest BCUT2D eigenvalue weighted by molar-refractivity contribution is -0.153. The fraction of sp³-hybridized carbons (Fsp3) is 0.257. The number of hydrogen-bond acceptors (Lipinski definition) is 7. The van der Waals surface area contributed by atoms with E-state index in [2.05, 4.69) is 14.6 Å². The summed E-state index contributed by atoms with van der Waals surface area (Å²) in [6, 6.07) is 25.9. The summed E-state index contributed by atoms with van der Waals surface area (Å²) in [6.45, 7) is 1.66. The Morgan fingerprint density at radius 2 is 1.59 bits per heavy atom. The molecule has 1 N–H and O–H groups in total. The molecule has 0 saturated carbocycles. The third-order valence-electron chi connectivity index (χ3n) is 8.06. The van der Waals surface area contributed by atoms with E-state index in [1.54, 1.807) is 54.6 Å². The summed E-state index contributed by atoms with van der Waals surface area (Å²) in [5.41, 5.74) is 3.28. The fourth-order valence-electron chi connectivity index (χ4n) is 5.60. The number of fused-ring (bicyclic) bond motifs is 1. The molecule has 3 heterocycles. The largest absolute Gasteiger partial charge is 0.484 e. The smallest absolute Gasteiger partial charge is 0.422 e. The molecule has 6 rings (SSSR count). The minimum Gasteiger partial charge on any atom is -0.484 e. The quantitative estimate of drug-likeness (QED) is 0.176. The first kappa shape index (κ1) is 33.8. The Kier molecular flexibility index (Phi) is 9.79. The third kappa shape index (κ3) is 8.89. The van der Waals surface area contributed by atoms with Crippen molar-refractivity contribution in [3.63, 3.8) is 0 Å². The van der Waals surface area contributed by atoms with Gasteiger partial charge in [0.2, 0.25) is 15.9 Å². The lowest BCUT2D eigenvalue weighted by Crippen LogP contribution is -2.48. The number of carbonyl (C=O) groups excluding carboxylic acids is 1. The van der Waals surface area contributed by atoms with Crippen molar-refractivity contribution >= 4 is 32.5 Å². The average molecular weight is 694 g/mol. The van der Waals surface area contributed by atoms with Gasteiger partial charge in [-0.15, -0.1) is 0 Å². The number of carbonyl (C=O) groups is 1. The van der Waals surface area contributed by atoms with Crippen LogP contribution in [0.25, 0.3) is 10.9 Å². The number of anilines is 1. The molecule has 3 aromatic carbocycles. The van der Waals surface area contributed by atoms with E-state index in [1.165, 1.54) is 18.3 Å². The maximum atomic E-state index is 13.5. The van der Waals surface area contributed by atoms with Crippen LogP contribution in [0, 0.1) is 0 Å². The molecule has 2 aromatic heterocycles. The highest BCUT2D eigenvalue weighted by Crippen LogP contribution is 2.28. The Morgan fingerprint density at radius 3 is 2.27 bits per heavy atom. The molecular weight excluding hydrogens is 659 g/mol. The molecule has 1 fully saturated rings. The Hall–Kier alpha value is -5.08. The van der Waals surface area contributed by atoms with Crippen LogP contribution in [0.2, 0.25) is 0 Å². The lowest BCUT2D eigenvalue weighted by atomic mass is 10.2. The van der Waals surface area contributed by atoms with Gasteiger partial charge in [-0.3, -0.25) is 14.4 Å². The van der Waals surface area contributed by atoms with Gasteiger partial charge in [0.25, 0.3) is 5.91 Å². The topological polar surface area (TPSA) is 106 Å². The van der Waals surface area contributed by atoms with E-state index < -0.39 is 22.8 Å². The van der Waals surface area contributed by atoms with E-state index in [0.29, 0.717) is 55.4 Å². The number of amides is 1. The van der Waals surface area contributed by atoms with Gasteiger partial charge >= 0.3 is 6.18 Å². The highest BCUT2D eigenvalue weighted by atomic mass is 32.2. The second kappa shape index (κ2) is 14.2. The highest BCUT2D eigenvalue weighted by molar-refractivity contribution is 7.91. The maximum absolute atomic E-state index is 13.5. The molecule has 0 bridgehead atoms. The minimum atomic E-state index is -4.39. The Balaban J connectivity index is 1.03. The Morgan fingerprint density at radius 1 is 0.878 bits per heavy atom. The van der Waals surface area contributed by atoms with E-state index in [9.17, 15) is 26.4 Å². The van der Waals surface area contributed by atoms with Crippen LogP contribution in [-0.4, -0.2) is 72.6 Å². The van der Waals surface area contributed by atoms with Crippen molar-refractivity contribution in [3.8, 4) is 17.4 Å². The minimum absolute atomic E-state index is 0.0843. The monoisotopic (exact) mass is 693 g/mol. The van der Waals surface area contributed by atoms with Gasteiger partial charge in [-0.2, -0.15) is 13.2 Å². The predicted molar refractivity (Wildman–Crippen MR) is 179 cm³/mol. The molecule has 256 valence electrons. The van der Waals surface area contributed by atoms with Crippen LogP contribution >= 0.6 is 0 Å². The van der Waals surface area contributed by atoms with Gasteiger partial charge in [0.1, 0.15) is 17.2 Å². The van der Waals surface area contributed by atoms with E-state index in [4.69, 9.17) is 9.47 Å². The summed E-state index contributed by atoms with van der Waals surface area (Å²) in [5.74, 6) is 0.707. The van der Waals surface area contributed by atoms with Crippen LogP contribution in [-0.2, 0) is 29.4 Å². The Bertz CT molecular complexity index is 2010. The van der Waals surface area contributed by atoms with Crippen LogP contribution in [0.15, 0.2) is 97.2 Å². The van der Waals surface area contributed by atoms with Gasteiger partial charge in [0.05, 0.1) is 23.2 Å². The van der Waals surface area contributed by atoms with Gasteiger partial charge in [-0.25, -0.2) is 13.4 Å². The summed E-state index contributed by atoms with van der Waals surface area (Å²) in [7, 11) is -1.80. The molecule has 1 aliphatic heterocycles. The number of aromatic nitrogens is 2. The number of pyridine rings is 1. The SMILES string of the molecule is Cn1c(C(=O)N2CCN(Cc3ccc(OCC(F)(F)F)cc3)CC2)cc2ccc(Oc3ccc(NS(=O)(=O)Cc4ccccc4)cn3)cc21. The van der Waals surface area contributed by atoms with Crippen LogP contribution in [0.4, 0.5) is 18.9 Å². The maximum Gasteiger partial charge on any atom is 0.422 e. The predicted octanol–water partition coefficient (Wildman–Crippen LogP) is 6.21. The number of ether oxygens (including phenoxy) is 2. The van der Waals surface area contributed by atoms with Crippen molar-refractivity contribution in [1.29, 1.82) is 0 Å². The molecule has 0 unspecified atom stereocenters. The second-order valence-electron chi connectivity index (χ2n) is 11.8. The molecule has 1 amide bonds. The number of aryl methyl sites for hydroxylation is 1. The molecule has 49 heavy (non-hydrogen) atoms. The van der Waals surface area contributed by atoms with Crippen LogP contribution < -0.4 is 14.2 Å². The fourth-order valence-corrected chi connectivity index (χ4v) is 6.78. The first-order valence-corrected chi connectivity index (χ1v) is 17.1. The molecule has 0 atom stereocenters. The van der Waals surface area contributed by atoms with E-state index >= 15 is 0 Å². The molecule has 1 saturated heterocycles.